The normalized spacial score (nSPS) is 20.4. The van der Waals surface area contributed by atoms with Crippen LogP contribution in [0.5, 0.6) is 5.75 Å². The number of fused-ring (bicyclic) bond motifs is 1. The summed E-state index contributed by atoms with van der Waals surface area (Å²) >= 11 is 0. The molecule has 0 radical (unpaired) electrons. The summed E-state index contributed by atoms with van der Waals surface area (Å²) in [5.41, 5.74) is 0.486. The second kappa shape index (κ2) is 9.36. The smallest absolute Gasteiger partial charge is 0.308 e. The van der Waals surface area contributed by atoms with E-state index in [0.29, 0.717) is 30.9 Å². The number of allylic oxidation sites excluding steroid dienone is 2. The van der Waals surface area contributed by atoms with Gasteiger partial charge >= 0.3 is 5.97 Å². The van der Waals surface area contributed by atoms with E-state index in [0.717, 1.165) is 4.90 Å². The number of para-hydroxylation sites is 2. The fourth-order valence-corrected chi connectivity index (χ4v) is 3.55. The van der Waals surface area contributed by atoms with Crippen LogP contribution in [-0.4, -0.2) is 48.3 Å². The number of rotatable bonds is 8. The first kappa shape index (κ1) is 20.6. The Morgan fingerprint density at radius 2 is 1.76 bits per heavy atom. The first-order chi connectivity index (χ1) is 14.0. The van der Waals surface area contributed by atoms with E-state index in [1.54, 1.807) is 24.3 Å². The summed E-state index contributed by atoms with van der Waals surface area (Å²) in [6.45, 7) is 1.80. The lowest BCUT2D eigenvalue weighted by Crippen LogP contribution is -2.33. The van der Waals surface area contributed by atoms with Gasteiger partial charge in [0.05, 0.1) is 30.6 Å². The highest BCUT2D eigenvalue weighted by Gasteiger charge is 2.46. The maximum atomic E-state index is 12.4. The third-order valence-electron chi connectivity index (χ3n) is 4.96. The van der Waals surface area contributed by atoms with Crippen molar-refractivity contribution in [3.05, 3.63) is 36.4 Å². The van der Waals surface area contributed by atoms with Crippen molar-refractivity contribution in [2.75, 3.05) is 25.1 Å². The molecule has 0 unspecified atom stereocenters. The standard InChI is InChI=1S/C21H24N2O6/c1-2-28-17-10-6-5-9-16(17)22-18(24)13-29-19(25)11-12-23-20(26)14-7-3-4-8-15(14)21(23)27/h3-6,9-10,14-15H,2,7-8,11-13H2,1H3,(H,22,24)/t14-,15-/m0/s1. The first-order valence-electron chi connectivity index (χ1n) is 9.68. The van der Waals surface area contributed by atoms with E-state index in [2.05, 4.69) is 5.32 Å². The van der Waals surface area contributed by atoms with E-state index in [4.69, 9.17) is 9.47 Å². The number of hydrogen-bond acceptors (Lipinski definition) is 6. The molecule has 0 spiro atoms. The summed E-state index contributed by atoms with van der Waals surface area (Å²) in [6, 6.07) is 6.95. The minimum atomic E-state index is -0.646. The topological polar surface area (TPSA) is 102 Å². The number of hydrogen-bond donors (Lipinski definition) is 1. The average molecular weight is 400 g/mol. The lowest BCUT2D eigenvalue weighted by atomic mass is 9.85. The molecule has 0 bridgehead atoms. The van der Waals surface area contributed by atoms with Gasteiger partial charge < -0.3 is 14.8 Å². The van der Waals surface area contributed by atoms with Gasteiger partial charge in [0.1, 0.15) is 5.75 Å². The average Bonchev–Trinajstić information content (AvgIpc) is 2.97. The van der Waals surface area contributed by atoms with Crippen LogP contribution in [0.1, 0.15) is 26.2 Å². The summed E-state index contributed by atoms with van der Waals surface area (Å²) in [6.07, 6.45) is 4.78. The van der Waals surface area contributed by atoms with E-state index in [-0.39, 0.29) is 36.6 Å². The largest absolute Gasteiger partial charge is 0.492 e. The van der Waals surface area contributed by atoms with Crippen molar-refractivity contribution in [3.8, 4) is 5.75 Å². The SMILES string of the molecule is CCOc1ccccc1NC(=O)COC(=O)CCN1C(=O)[C@H]2CC=CC[C@@H]2C1=O. The molecule has 1 aromatic carbocycles. The number of esters is 1. The van der Waals surface area contributed by atoms with Gasteiger partial charge in [-0.3, -0.25) is 24.1 Å². The predicted molar refractivity (Wildman–Crippen MR) is 104 cm³/mol. The van der Waals surface area contributed by atoms with Gasteiger partial charge in [-0.1, -0.05) is 24.3 Å². The summed E-state index contributed by atoms with van der Waals surface area (Å²) in [4.78, 5) is 49.9. The van der Waals surface area contributed by atoms with Gasteiger partial charge in [0.25, 0.3) is 5.91 Å². The van der Waals surface area contributed by atoms with Gasteiger partial charge in [0.15, 0.2) is 6.61 Å². The molecule has 1 aliphatic carbocycles. The molecule has 3 amide bonds. The molecule has 1 saturated heterocycles. The van der Waals surface area contributed by atoms with E-state index in [1.807, 2.05) is 19.1 Å². The highest BCUT2D eigenvalue weighted by molar-refractivity contribution is 6.05. The van der Waals surface area contributed by atoms with Crippen LogP contribution in [0, 0.1) is 11.8 Å². The number of carbonyl (C=O) groups is 4. The molecule has 1 N–H and O–H groups in total. The Labute approximate surface area is 168 Å². The fraction of sp³-hybridized carbons (Fsp3) is 0.429. The molecular formula is C21H24N2O6. The van der Waals surface area contributed by atoms with Crippen LogP contribution in [0.2, 0.25) is 0 Å². The lowest BCUT2D eigenvalue weighted by molar-refractivity contribution is -0.148. The molecule has 8 nitrogen and oxygen atoms in total. The second-order valence-electron chi connectivity index (χ2n) is 6.87. The van der Waals surface area contributed by atoms with Gasteiger partial charge in [-0.25, -0.2) is 0 Å². The molecule has 1 fully saturated rings. The Morgan fingerprint density at radius 3 is 2.41 bits per heavy atom. The molecule has 1 heterocycles. The Morgan fingerprint density at radius 1 is 1.10 bits per heavy atom. The fourth-order valence-electron chi connectivity index (χ4n) is 3.55. The maximum absolute atomic E-state index is 12.4. The minimum Gasteiger partial charge on any atom is -0.492 e. The van der Waals surface area contributed by atoms with Crippen LogP contribution in [0.3, 0.4) is 0 Å². The Hall–Kier alpha value is -3.16. The van der Waals surface area contributed by atoms with Crippen molar-refractivity contribution in [1.82, 2.24) is 4.90 Å². The third-order valence-corrected chi connectivity index (χ3v) is 4.96. The number of amides is 3. The molecular weight excluding hydrogens is 376 g/mol. The van der Waals surface area contributed by atoms with Gasteiger partial charge in [-0.15, -0.1) is 0 Å². The molecule has 2 aliphatic rings. The highest BCUT2D eigenvalue weighted by Crippen LogP contribution is 2.35. The minimum absolute atomic E-state index is 0.0295. The van der Waals surface area contributed by atoms with Crippen LogP contribution >= 0.6 is 0 Å². The van der Waals surface area contributed by atoms with Crippen molar-refractivity contribution in [1.29, 1.82) is 0 Å². The van der Waals surface area contributed by atoms with Crippen molar-refractivity contribution in [3.63, 3.8) is 0 Å². The van der Waals surface area contributed by atoms with Crippen molar-refractivity contribution < 1.29 is 28.7 Å². The van der Waals surface area contributed by atoms with Crippen molar-refractivity contribution in [2.24, 2.45) is 11.8 Å². The molecule has 0 aromatic heterocycles. The molecule has 3 rings (SSSR count). The predicted octanol–water partition coefficient (Wildman–Crippen LogP) is 1.91. The van der Waals surface area contributed by atoms with Crippen molar-refractivity contribution >= 4 is 29.4 Å². The van der Waals surface area contributed by atoms with E-state index < -0.39 is 18.5 Å². The molecule has 8 heteroatoms. The Kier molecular flexibility index (Phi) is 6.64. The second-order valence-corrected chi connectivity index (χ2v) is 6.87. The number of carbonyl (C=O) groups excluding carboxylic acids is 4. The molecule has 29 heavy (non-hydrogen) atoms. The van der Waals surface area contributed by atoms with Gasteiger partial charge in [0, 0.05) is 6.54 Å². The third kappa shape index (κ3) is 4.82. The molecule has 154 valence electrons. The maximum Gasteiger partial charge on any atom is 0.308 e. The number of likely N-dealkylation sites (tertiary alicyclic amines) is 1. The molecule has 2 atom stereocenters. The summed E-state index contributed by atoms with van der Waals surface area (Å²) < 4.78 is 10.4. The molecule has 0 saturated carbocycles. The molecule has 1 aliphatic heterocycles. The first-order valence-corrected chi connectivity index (χ1v) is 9.68. The highest BCUT2D eigenvalue weighted by atomic mass is 16.5. The number of anilines is 1. The van der Waals surface area contributed by atoms with Crippen LogP contribution in [-0.2, 0) is 23.9 Å². The van der Waals surface area contributed by atoms with Crippen LogP contribution in [0.15, 0.2) is 36.4 Å². The van der Waals surface area contributed by atoms with E-state index >= 15 is 0 Å². The quantitative estimate of drug-likeness (QED) is 0.406. The Bertz CT molecular complexity index is 808. The van der Waals surface area contributed by atoms with Crippen LogP contribution < -0.4 is 10.1 Å². The zero-order valence-corrected chi connectivity index (χ0v) is 16.3. The van der Waals surface area contributed by atoms with Gasteiger partial charge in [0.2, 0.25) is 11.8 Å². The number of benzene rings is 1. The zero-order chi connectivity index (χ0) is 20.8. The number of nitrogens with one attached hydrogen (secondary N) is 1. The van der Waals surface area contributed by atoms with Crippen LogP contribution in [0.4, 0.5) is 5.69 Å². The number of imide groups is 1. The molecule has 1 aromatic rings. The summed E-state index contributed by atoms with van der Waals surface area (Å²) in [7, 11) is 0. The van der Waals surface area contributed by atoms with E-state index in [9.17, 15) is 19.2 Å². The number of ether oxygens (including phenoxy) is 2. The number of nitrogens with zero attached hydrogens (tertiary/aromatic N) is 1. The van der Waals surface area contributed by atoms with Crippen molar-refractivity contribution in [2.45, 2.75) is 26.2 Å². The van der Waals surface area contributed by atoms with Gasteiger partial charge in [-0.05, 0) is 31.9 Å². The van der Waals surface area contributed by atoms with Crippen LogP contribution in [0.25, 0.3) is 0 Å². The lowest BCUT2D eigenvalue weighted by Gasteiger charge is -2.14. The summed E-state index contributed by atoms with van der Waals surface area (Å²) in [5, 5.41) is 2.63. The zero-order valence-electron chi connectivity index (χ0n) is 16.3. The monoisotopic (exact) mass is 400 g/mol. The van der Waals surface area contributed by atoms with E-state index in [1.165, 1.54) is 0 Å². The Balaban J connectivity index is 1.44. The summed E-state index contributed by atoms with van der Waals surface area (Å²) in [5.74, 6) is -1.73. The van der Waals surface area contributed by atoms with Gasteiger partial charge in [-0.2, -0.15) is 0 Å².